The largest absolute Gasteiger partial charge is 0.314 e. The first-order chi connectivity index (χ1) is 28.0. The summed E-state index contributed by atoms with van der Waals surface area (Å²) in [6.45, 7) is 34.0. The summed E-state index contributed by atoms with van der Waals surface area (Å²) in [6.07, 6.45) is 12.4. The van der Waals surface area contributed by atoms with Gasteiger partial charge in [-0.3, -0.25) is 0 Å². The zero-order valence-corrected chi connectivity index (χ0v) is 39.8. The van der Waals surface area contributed by atoms with Crippen molar-refractivity contribution in [2.24, 2.45) is 11.3 Å². The predicted molar refractivity (Wildman–Crippen MR) is 263 cm³/mol. The van der Waals surface area contributed by atoms with E-state index in [1.807, 2.05) is 0 Å². The molecule has 310 valence electrons. The molecule has 3 aliphatic heterocycles. The molecule has 4 heteroatoms. The van der Waals surface area contributed by atoms with Crippen molar-refractivity contribution in [3.05, 3.63) is 135 Å². The Morgan fingerprint density at radius 1 is 0.583 bits per heavy atom. The fraction of sp³-hybridized carbons (Fsp3) is 0.464. The van der Waals surface area contributed by atoms with Gasteiger partial charge in [0.25, 0.3) is 6.71 Å². The number of hydrogen-bond acceptors (Lipinski definition) is 3. The zero-order chi connectivity index (χ0) is 42.7. The third-order valence-corrected chi connectivity index (χ3v) is 17.3. The quantitative estimate of drug-likeness (QED) is 0.186. The number of fused-ring (bicyclic) bond motifs is 7. The molecule has 3 heterocycles. The molecule has 0 fully saturated rings. The molecule has 10 rings (SSSR count). The van der Waals surface area contributed by atoms with Crippen LogP contribution in [0.25, 0.3) is 0 Å². The molecule has 3 aliphatic carbocycles. The molecule has 6 aliphatic rings. The molecule has 2 atom stereocenters. The fourth-order valence-electron chi connectivity index (χ4n) is 11.7. The van der Waals surface area contributed by atoms with Gasteiger partial charge in [-0.25, -0.2) is 0 Å². The van der Waals surface area contributed by atoms with Crippen LogP contribution in [-0.4, -0.2) is 12.0 Å². The number of anilines is 5. The van der Waals surface area contributed by atoms with Crippen molar-refractivity contribution in [3.63, 3.8) is 0 Å². The topological polar surface area (TPSA) is 6.48 Å². The van der Waals surface area contributed by atoms with Crippen molar-refractivity contribution in [2.75, 3.05) is 9.80 Å². The second-order valence-corrected chi connectivity index (χ2v) is 25.1. The molecular formula is C56H67BN2S. The van der Waals surface area contributed by atoms with Gasteiger partial charge in [-0.2, -0.15) is 0 Å². The first kappa shape index (κ1) is 40.2. The molecule has 2 nitrogen and oxygen atoms in total. The maximum atomic E-state index is 2.71. The highest BCUT2D eigenvalue weighted by Crippen LogP contribution is 2.58. The Morgan fingerprint density at radius 2 is 1.13 bits per heavy atom. The van der Waals surface area contributed by atoms with E-state index in [4.69, 9.17) is 0 Å². The number of benzene rings is 4. The van der Waals surface area contributed by atoms with E-state index < -0.39 is 0 Å². The predicted octanol–water partition coefficient (Wildman–Crippen LogP) is 14.3. The molecule has 0 amide bonds. The van der Waals surface area contributed by atoms with Crippen LogP contribution in [0, 0.1) is 11.3 Å². The molecule has 0 saturated carbocycles. The standard InChI is InChI=1S/C56H67BN2S/c1-51(2,3)34-18-21-36(22-19-34)59-45-17-15-16-44-48(45)57(50-49(59)38-30-35(52(4,5)6)20-25-47(38)60-50)43-32-41-42(56(13,14)29-28-55(41,11)12)33-46(43)58(44)37-23-24-39-40(31-37)54(9,10)27-26-53(39,7)8/h15-25,30-33,38,47H,26-29H2,1-14H3. The molecule has 4 aromatic carbocycles. The van der Waals surface area contributed by atoms with Crippen LogP contribution in [0.3, 0.4) is 0 Å². The smallest absolute Gasteiger partial charge is 0.259 e. The number of rotatable bonds is 2. The molecule has 0 aromatic heterocycles. The van der Waals surface area contributed by atoms with E-state index in [9.17, 15) is 0 Å². The highest BCUT2D eigenvalue weighted by Gasteiger charge is 2.52. The van der Waals surface area contributed by atoms with Gasteiger partial charge < -0.3 is 9.80 Å². The van der Waals surface area contributed by atoms with Crippen LogP contribution in [0.4, 0.5) is 28.4 Å². The normalized spacial score (nSPS) is 23.9. The van der Waals surface area contributed by atoms with Gasteiger partial charge in [0.15, 0.2) is 0 Å². The second-order valence-electron chi connectivity index (χ2n) is 23.9. The summed E-state index contributed by atoms with van der Waals surface area (Å²) in [7, 11) is 0. The van der Waals surface area contributed by atoms with Crippen LogP contribution in [0.15, 0.2) is 107 Å². The summed E-state index contributed by atoms with van der Waals surface area (Å²) in [5.74, 6) is 0.282. The summed E-state index contributed by atoms with van der Waals surface area (Å²) in [5, 5.41) is 0.357. The first-order valence-electron chi connectivity index (χ1n) is 23.0. The van der Waals surface area contributed by atoms with Crippen molar-refractivity contribution in [1.82, 2.24) is 0 Å². The molecule has 0 radical (unpaired) electrons. The van der Waals surface area contributed by atoms with Gasteiger partial charge in [-0.1, -0.05) is 145 Å². The zero-order valence-electron chi connectivity index (χ0n) is 39.0. The van der Waals surface area contributed by atoms with E-state index in [1.54, 1.807) is 5.56 Å². The van der Waals surface area contributed by atoms with Crippen LogP contribution in [-0.2, 0) is 27.1 Å². The summed E-state index contributed by atoms with van der Waals surface area (Å²) < 4.78 is 0. The summed E-state index contributed by atoms with van der Waals surface area (Å²) in [4.78, 5) is 6.91. The molecule has 0 N–H and O–H groups in total. The molecule has 0 saturated heterocycles. The van der Waals surface area contributed by atoms with E-state index in [1.165, 1.54) is 103 Å². The SMILES string of the molecule is CC(C)(C)C1=CC2C3=C(SC2C=C1)B1c2cc4c(cc2N(c2ccc5c(c2)C(C)(C)CCC5(C)C)c2cccc(c21)N3c1ccc(C(C)(C)C)cc1)C(C)(C)CCC4(C)C. The van der Waals surface area contributed by atoms with Crippen LogP contribution in [0.2, 0.25) is 0 Å². The van der Waals surface area contributed by atoms with E-state index >= 15 is 0 Å². The second kappa shape index (κ2) is 12.8. The Kier molecular flexibility index (Phi) is 8.60. The Hall–Kier alpha value is -3.89. The van der Waals surface area contributed by atoms with E-state index in [-0.39, 0.29) is 45.1 Å². The summed E-state index contributed by atoms with van der Waals surface area (Å²) >= 11 is 2.14. The van der Waals surface area contributed by atoms with Crippen LogP contribution < -0.4 is 20.7 Å². The highest BCUT2D eigenvalue weighted by molar-refractivity contribution is 8.06. The lowest BCUT2D eigenvalue weighted by atomic mass is 9.36. The van der Waals surface area contributed by atoms with Crippen molar-refractivity contribution >= 4 is 57.8 Å². The Bertz CT molecular complexity index is 2560. The fourth-order valence-corrected chi connectivity index (χ4v) is 13.2. The molecular weight excluding hydrogens is 744 g/mol. The highest BCUT2D eigenvalue weighted by atomic mass is 32.2. The Morgan fingerprint density at radius 3 is 1.73 bits per heavy atom. The van der Waals surface area contributed by atoms with Gasteiger partial charge in [-0.05, 0) is 150 Å². The van der Waals surface area contributed by atoms with Crippen LogP contribution >= 0.6 is 11.8 Å². The van der Waals surface area contributed by atoms with Crippen molar-refractivity contribution in [2.45, 2.75) is 155 Å². The van der Waals surface area contributed by atoms with Gasteiger partial charge in [0, 0.05) is 45.3 Å². The number of thioether (sulfide) groups is 1. The first-order valence-corrected chi connectivity index (χ1v) is 23.8. The minimum atomic E-state index is 0.0718. The third kappa shape index (κ3) is 5.96. The number of allylic oxidation sites excluding steroid dienone is 3. The maximum Gasteiger partial charge on any atom is 0.259 e. The lowest BCUT2D eigenvalue weighted by molar-refractivity contribution is 0.332. The molecule has 60 heavy (non-hydrogen) atoms. The average molecular weight is 811 g/mol. The van der Waals surface area contributed by atoms with E-state index in [0.29, 0.717) is 5.25 Å². The van der Waals surface area contributed by atoms with Crippen molar-refractivity contribution < 1.29 is 0 Å². The number of nitrogens with zero attached hydrogens (tertiary/aromatic N) is 2. The molecule has 0 spiro atoms. The minimum Gasteiger partial charge on any atom is -0.314 e. The minimum absolute atomic E-state index is 0.0718. The molecule has 2 unspecified atom stereocenters. The lowest BCUT2D eigenvalue weighted by Gasteiger charge is -2.48. The summed E-state index contributed by atoms with van der Waals surface area (Å²) in [5.41, 5.74) is 20.5. The van der Waals surface area contributed by atoms with E-state index in [2.05, 4.69) is 210 Å². The van der Waals surface area contributed by atoms with Gasteiger partial charge in [-0.15, -0.1) is 11.8 Å². The Balaban J connectivity index is 1.28. The summed E-state index contributed by atoms with van der Waals surface area (Å²) in [6, 6.07) is 29.7. The van der Waals surface area contributed by atoms with Gasteiger partial charge in [0.2, 0.25) is 0 Å². The monoisotopic (exact) mass is 811 g/mol. The van der Waals surface area contributed by atoms with Crippen LogP contribution in [0.1, 0.15) is 150 Å². The molecule has 4 aromatic rings. The van der Waals surface area contributed by atoms with E-state index in [0.717, 1.165) is 0 Å². The molecule has 0 bridgehead atoms. The van der Waals surface area contributed by atoms with Crippen LogP contribution in [0.5, 0.6) is 0 Å². The third-order valence-electron chi connectivity index (χ3n) is 15.8. The van der Waals surface area contributed by atoms with Crippen molar-refractivity contribution in [1.29, 1.82) is 0 Å². The van der Waals surface area contributed by atoms with Gasteiger partial charge in [0.1, 0.15) is 0 Å². The maximum absolute atomic E-state index is 2.71. The van der Waals surface area contributed by atoms with Gasteiger partial charge in [0.05, 0.1) is 0 Å². The van der Waals surface area contributed by atoms with Gasteiger partial charge >= 0.3 is 0 Å². The van der Waals surface area contributed by atoms with Crippen molar-refractivity contribution in [3.8, 4) is 0 Å². The average Bonchev–Trinajstić information content (AvgIpc) is 3.56. The number of hydrogen-bond donors (Lipinski definition) is 0. The lowest BCUT2D eigenvalue weighted by Crippen LogP contribution is -2.56. The Labute approximate surface area is 367 Å².